The van der Waals surface area contributed by atoms with E-state index in [0.717, 1.165) is 0 Å². The van der Waals surface area contributed by atoms with Crippen molar-refractivity contribution in [2.75, 3.05) is 7.11 Å². The number of halogens is 1. The first kappa shape index (κ1) is 11.3. The van der Waals surface area contributed by atoms with Gasteiger partial charge in [-0.3, -0.25) is 0 Å². The monoisotopic (exact) mass is 235 g/mol. The maximum Gasteiger partial charge on any atom is 0.354 e. The van der Waals surface area contributed by atoms with E-state index in [4.69, 9.17) is 9.84 Å². The standard InChI is InChI=1S/C12H10FNO3/c1-6-3-7(13)4-8-10(17-2)5-9(12(15)16)14-11(6)8/h3-5H,1-2H3,(H,15,16). The van der Waals surface area contributed by atoms with E-state index in [1.807, 2.05) is 0 Å². The van der Waals surface area contributed by atoms with Crippen molar-refractivity contribution in [2.45, 2.75) is 6.92 Å². The van der Waals surface area contributed by atoms with Crippen LogP contribution >= 0.6 is 0 Å². The molecule has 0 aliphatic rings. The molecular formula is C12H10FNO3. The molecule has 0 amide bonds. The first-order chi connectivity index (χ1) is 8.02. The molecule has 88 valence electrons. The van der Waals surface area contributed by atoms with Crippen LogP contribution in [0.1, 0.15) is 16.1 Å². The van der Waals surface area contributed by atoms with Crippen LogP contribution in [0.25, 0.3) is 10.9 Å². The van der Waals surface area contributed by atoms with Gasteiger partial charge in [0.05, 0.1) is 12.6 Å². The van der Waals surface area contributed by atoms with Gasteiger partial charge in [0.15, 0.2) is 5.69 Å². The number of hydrogen-bond acceptors (Lipinski definition) is 3. The first-order valence-electron chi connectivity index (χ1n) is 4.91. The summed E-state index contributed by atoms with van der Waals surface area (Å²) in [6.07, 6.45) is 0. The minimum absolute atomic E-state index is 0.121. The van der Waals surface area contributed by atoms with Gasteiger partial charge in [-0.05, 0) is 24.6 Å². The maximum atomic E-state index is 13.3. The van der Waals surface area contributed by atoms with E-state index in [9.17, 15) is 9.18 Å². The van der Waals surface area contributed by atoms with E-state index in [1.54, 1.807) is 6.92 Å². The van der Waals surface area contributed by atoms with Crippen molar-refractivity contribution in [1.29, 1.82) is 0 Å². The van der Waals surface area contributed by atoms with E-state index in [-0.39, 0.29) is 5.69 Å². The van der Waals surface area contributed by atoms with Crippen molar-refractivity contribution in [3.8, 4) is 5.75 Å². The number of nitrogens with zero attached hydrogens (tertiary/aromatic N) is 1. The van der Waals surface area contributed by atoms with Gasteiger partial charge in [0.1, 0.15) is 11.6 Å². The van der Waals surface area contributed by atoms with Gasteiger partial charge < -0.3 is 9.84 Å². The highest BCUT2D eigenvalue weighted by Crippen LogP contribution is 2.28. The molecule has 0 spiro atoms. The summed E-state index contributed by atoms with van der Waals surface area (Å²) in [7, 11) is 1.40. The van der Waals surface area contributed by atoms with Crippen LogP contribution in [0.3, 0.4) is 0 Å². The van der Waals surface area contributed by atoms with Crippen molar-refractivity contribution < 1.29 is 19.0 Å². The Hall–Kier alpha value is -2.17. The highest BCUT2D eigenvalue weighted by Gasteiger charge is 2.13. The molecule has 0 fully saturated rings. The van der Waals surface area contributed by atoms with E-state index in [1.165, 1.54) is 25.3 Å². The van der Waals surface area contributed by atoms with Gasteiger partial charge in [0, 0.05) is 11.5 Å². The number of aromatic nitrogens is 1. The third-order valence-corrected chi connectivity index (χ3v) is 2.47. The number of aromatic carboxylic acids is 1. The molecule has 0 aliphatic carbocycles. The maximum absolute atomic E-state index is 13.3. The van der Waals surface area contributed by atoms with Gasteiger partial charge in [0.25, 0.3) is 0 Å². The van der Waals surface area contributed by atoms with Crippen LogP contribution in [0.5, 0.6) is 5.75 Å². The van der Waals surface area contributed by atoms with E-state index < -0.39 is 11.8 Å². The Bertz CT molecular complexity index is 610. The smallest absolute Gasteiger partial charge is 0.354 e. The lowest BCUT2D eigenvalue weighted by Gasteiger charge is -2.08. The summed E-state index contributed by atoms with van der Waals surface area (Å²) in [6.45, 7) is 1.67. The number of carboxylic acids is 1. The third kappa shape index (κ3) is 1.91. The highest BCUT2D eigenvalue weighted by atomic mass is 19.1. The molecule has 0 bridgehead atoms. The Labute approximate surface area is 96.7 Å². The molecule has 0 saturated heterocycles. The molecule has 2 aromatic rings. The second-order valence-electron chi connectivity index (χ2n) is 3.63. The van der Waals surface area contributed by atoms with Crippen LogP contribution in [-0.2, 0) is 0 Å². The topological polar surface area (TPSA) is 59.4 Å². The predicted molar refractivity (Wildman–Crippen MR) is 59.9 cm³/mol. The second-order valence-corrected chi connectivity index (χ2v) is 3.63. The first-order valence-corrected chi connectivity index (χ1v) is 4.91. The fraction of sp³-hybridized carbons (Fsp3) is 0.167. The number of methoxy groups -OCH3 is 1. The quantitative estimate of drug-likeness (QED) is 0.868. The Kier molecular flexibility index (Phi) is 2.67. The van der Waals surface area contributed by atoms with Gasteiger partial charge in [-0.2, -0.15) is 0 Å². The summed E-state index contributed by atoms with van der Waals surface area (Å²) >= 11 is 0. The molecule has 2 rings (SSSR count). The molecule has 0 atom stereocenters. The molecule has 17 heavy (non-hydrogen) atoms. The summed E-state index contributed by atoms with van der Waals surface area (Å²) in [6, 6.07) is 3.86. The average molecular weight is 235 g/mol. The second kappa shape index (κ2) is 4.01. The molecule has 0 radical (unpaired) electrons. The van der Waals surface area contributed by atoms with E-state index in [2.05, 4.69) is 4.98 Å². The average Bonchev–Trinajstić information content (AvgIpc) is 2.27. The lowest BCUT2D eigenvalue weighted by atomic mass is 10.1. The zero-order chi connectivity index (χ0) is 12.6. The van der Waals surface area contributed by atoms with Crippen LogP contribution in [0, 0.1) is 12.7 Å². The minimum atomic E-state index is -1.14. The van der Waals surface area contributed by atoms with Crippen molar-refractivity contribution in [2.24, 2.45) is 0 Å². The number of pyridine rings is 1. The summed E-state index contributed by atoms with van der Waals surface area (Å²) in [4.78, 5) is 14.9. The third-order valence-electron chi connectivity index (χ3n) is 2.47. The fourth-order valence-electron chi connectivity index (χ4n) is 1.70. The Balaban J connectivity index is 2.87. The summed E-state index contributed by atoms with van der Waals surface area (Å²) in [5.74, 6) is -1.25. The summed E-state index contributed by atoms with van der Waals surface area (Å²) < 4.78 is 18.3. The molecule has 1 aromatic carbocycles. The number of hydrogen-bond donors (Lipinski definition) is 1. The molecule has 5 heteroatoms. The fourth-order valence-corrected chi connectivity index (χ4v) is 1.70. The van der Waals surface area contributed by atoms with Crippen molar-refractivity contribution in [1.82, 2.24) is 4.98 Å². The molecule has 0 unspecified atom stereocenters. The number of ether oxygens (including phenoxy) is 1. The lowest BCUT2D eigenvalue weighted by molar-refractivity contribution is 0.0690. The van der Waals surface area contributed by atoms with E-state index in [0.29, 0.717) is 22.2 Å². The van der Waals surface area contributed by atoms with Crippen LogP contribution in [0.2, 0.25) is 0 Å². The summed E-state index contributed by atoms with van der Waals surface area (Å²) in [5, 5.41) is 9.39. The van der Waals surface area contributed by atoms with Crippen LogP contribution in [0.15, 0.2) is 18.2 Å². The number of fused-ring (bicyclic) bond motifs is 1. The molecule has 1 N–H and O–H groups in total. The number of carboxylic acid groups (broad SMARTS) is 1. The SMILES string of the molecule is COc1cc(C(=O)O)nc2c(C)cc(F)cc12. The largest absolute Gasteiger partial charge is 0.496 e. The summed E-state index contributed by atoms with van der Waals surface area (Å²) in [5.41, 5.74) is 0.883. The molecular weight excluding hydrogens is 225 g/mol. The number of aryl methyl sites for hydroxylation is 1. The van der Waals surface area contributed by atoms with Crippen LogP contribution < -0.4 is 4.74 Å². The molecule has 0 saturated carbocycles. The number of rotatable bonds is 2. The van der Waals surface area contributed by atoms with Crippen molar-refractivity contribution >= 4 is 16.9 Å². The van der Waals surface area contributed by atoms with Crippen LogP contribution in [0.4, 0.5) is 4.39 Å². The minimum Gasteiger partial charge on any atom is -0.496 e. The Morgan fingerprint density at radius 3 is 2.71 bits per heavy atom. The highest BCUT2D eigenvalue weighted by molar-refractivity contribution is 5.94. The van der Waals surface area contributed by atoms with Gasteiger partial charge in [-0.1, -0.05) is 0 Å². The van der Waals surface area contributed by atoms with Gasteiger partial charge >= 0.3 is 5.97 Å². The Morgan fingerprint density at radius 2 is 2.12 bits per heavy atom. The zero-order valence-corrected chi connectivity index (χ0v) is 9.32. The molecule has 4 nitrogen and oxygen atoms in total. The molecule has 0 aliphatic heterocycles. The predicted octanol–water partition coefficient (Wildman–Crippen LogP) is 2.39. The molecule has 1 heterocycles. The van der Waals surface area contributed by atoms with Crippen molar-refractivity contribution in [3.63, 3.8) is 0 Å². The van der Waals surface area contributed by atoms with Gasteiger partial charge in [-0.25, -0.2) is 14.2 Å². The zero-order valence-electron chi connectivity index (χ0n) is 9.32. The lowest BCUT2D eigenvalue weighted by Crippen LogP contribution is -2.02. The normalized spacial score (nSPS) is 10.5. The van der Waals surface area contributed by atoms with Gasteiger partial charge in [-0.15, -0.1) is 0 Å². The number of benzene rings is 1. The molecule has 1 aromatic heterocycles. The van der Waals surface area contributed by atoms with Crippen molar-refractivity contribution in [3.05, 3.63) is 35.3 Å². The van der Waals surface area contributed by atoms with E-state index >= 15 is 0 Å². The van der Waals surface area contributed by atoms with Gasteiger partial charge in [0.2, 0.25) is 0 Å². The Morgan fingerprint density at radius 1 is 1.41 bits per heavy atom. The van der Waals surface area contributed by atoms with Crippen LogP contribution in [-0.4, -0.2) is 23.2 Å². The number of carbonyl (C=O) groups is 1.